The molecule has 2 atom stereocenters. The van der Waals surface area contributed by atoms with Crippen molar-refractivity contribution in [3.8, 4) is 0 Å². The minimum atomic E-state index is 0.211. The van der Waals surface area contributed by atoms with Crippen molar-refractivity contribution in [1.29, 1.82) is 0 Å². The Morgan fingerprint density at radius 2 is 1.88 bits per heavy atom. The summed E-state index contributed by atoms with van der Waals surface area (Å²) in [6.45, 7) is 5.42. The lowest BCUT2D eigenvalue weighted by molar-refractivity contribution is 0.410. The maximum atomic E-state index is 3.67. The first-order valence-corrected chi connectivity index (χ1v) is 6.88. The van der Waals surface area contributed by atoms with Crippen LogP contribution in [-0.4, -0.2) is 12.7 Å². The number of nitrogens with one attached hydrogen (secondary N) is 2. The van der Waals surface area contributed by atoms with E-state index in [4.69, 9.17) is 0 Å². The van der Waals surface area contributed by atoms with Crippen molar-refractivity contribution in [3.63, 3.8) is 0 Å². The molecule has 0 saturated carbocycles. The largest absolute Gasteiger partial charge is 0.302 e. The smallest absolute Gasteiger partial charge is 0.0898 e. The van der Waals surface area contributed by atoms with Gasteiger partial charge in [0.1, 0.15) is 0 Å². The maximum absolute atomic E-state index is 3.67. The van der Waals surface area contributed by atoms with Gasteiger partial charge < -0.3 is 5.32 Å². The van der Waals surface area contributed by atoms with Gasteiger partial charge in [0.15, 0.2) is 0 Å². The zero-order valence-corrected chi connectivity index (χ0v) is 11.6. The summed E-state index contributed by atoms with van der Waals surface area (Å²) in [5.41, 5.74) is 1.26. The molecule has 2 unspecified atom stereocenters. The highest BCUT2D eigenvalue weighted by atomic mass is 79.9. The lowest BCUT2D eigenvalue weighted by Gasteiger charge is -2.22. The molecule has 0 bridgehead atoms. The number of hydrogen-bond donors (Lipinski definition) is 2. The Labute approximate surface area is 107 Å². The number of hydrogen-bond acceptors (Lipinski definition) is 2. The van der Waals surface area contributed by atoms with Gasteiger partial charge in [-0.2, -0.15) is 0 Å². The summed E-state index contributed by atoms with van der Waals surface area (Å²) in [4.78, 5) is 0.211. The molecular formula is C13H21BrN2. The van der Waals surface area contributed by atoms with E-state index in [0.717, 1.165) is 19.4 Å². The quantitative estimate of drug-likeness (QED) is 0.456. The molecule has 1 aromatic carbocycles. The molecule has 0 radical (unpaired) electrons. The number of halogens is 1. The van der Waals surface area contributed by atoms with Crippen LogP contribution in [0.2, 0.25) is 0 Å². The van der Waals surface area contributed by atoms with E-state index in [0.29, 0.717) is 6.17 Å². The second kappa shape index (κ2) is 7.82. The van der Waals surface area contributed by atoms with E-state index in [-0.39, 0.29) is 4.95 Å². The fourth-order valence-electron chi connectivity index (χ4n) is 1.53. The zero-order valence-electron chi connectivity index (χ0n) is 10.0. The highest BCUT2D eigenvalue weighted by Gasteiger charge is 2.11. The predicted octanol–water partition coefficient (Wildman–Crippen LogP) is 3.41. The van der Waals surface area contributed by atoms with E-state index >= 15 is 0 Å². The average molecular weight is 285 g/mol. The molecule has 1 aromatic rings. The third kappa shape index (κ3) is 4.64. The highest BCUT2D eigenvalue weighted by molar-refractivity contribution is 9.09. The fourth-order valence-corrected chi connectivity index (χ4v) is 2.16. The van der Waals surface area contributed by atoms with Crippen LogP contribution < -0.4 is 10.6 Å². The summed E-state index contributed by atoms with van der Waals surface area (Å²) in [6, 6.07) is 10.4. The second-order valence-electron chi connectivity index (χ2n) is 3.85. The Bertz CT molecular complexity index is 277. The van der Waals surface area contributed by atoms with E-state index in [1.165, 1.54) is 5.56 Å². The van der Waals surface area contributed by atoms with Gasteiger partial charge in [0, 0.05) is 0 Å². The zero-order chi connectivity index (χ0) is 11.8. The van der Waals surface area contributed by atoms with Gasteiger partial charge in [0.25, 0.3) is 0 Å². The van der Waals surface area contributed by atoms with Crippen molar-refractivity contribution in [2.45, 2.75) is 37.8 Å². The van der Waals surface area contributed by atoms with Crippen LogP contribution in [0.25, 0.3) is 0 Å². The molecule has 3 heteroatoms. The Morgan fingerprint density at radius 1 is 1.19 bits per heavy atom. The van der Waals surface area contributed by atoms with E-state index in [2.05, 4.69) is 64.7 Å². The number of benzene rings is 1. The molecule has 0 amide bonds. The molecule has 0 fully saturated rings. The van der Waals surface area contributed by atoms with Gasteiger partial charge in [-0.05, 0) is 24.9 Å². The van der Waals surface area contributed by atoms with Crippen LogP contribution in [0, 0.1) is 0 Å². The summed E-state index contributed by atoms with van der Waals surface area (Å²) >= 11 is 3.67. The normalized spacial score (nSPS) is 14.7. The van der Waals surface area contributed by atoms with Crippen molar-refractivity contribution >= 4 is 15.9 Å². The summed E-state index contributed by atoms with van der Waals surface area (Å²) in [7, 11) is 0. The summed E-state index contributed by atoms with van der Waals surface area (Å²) in [5, 5.41) is 7.00. The van der Waals surface area contributed by atoms with Gasteiger partial charge in [-0.25, -0.2) is 0 Å². The first-order chi connectivity index (χ1) is 7.77. The molecule has 2 N–H and O–H groups in total. The molecule has 0 spiro atoms. The molecule has 1 rings (SSSR count). The maximum Gasteiger partial charge on any atom is 0.0898 e. The summed E-state index contributed by atoms with van der Waals surface area (Å²) in [6.07, 6.45) is 2.61. The predicted molar refractivity (Wildman–Crippen MR) is 73.6 cm³/mol. The fraction of sp³-hybridized carbons (Fsp3) is 0.538. The number of alkyl halides is 1. The van der Waals surface area contributed by atoms with Gasteiger partial charge in [-0.3, -0.25) is 5.32 Å². The van der Waals surface area contributed by atoms with Crippen LogP contribution in [-0.2, 0) is 0 Å². The summed E-state index contributed by atoms with van der Waals surface area (Å²) < 4.78 is 0. The van der Waals surface area contributed by atoms with Gasteiger partial charge in [-0.15, -0.1) is 0 Å². The van der Waals surface area contributed by atoms with Gasteiger partial charge in [0.05, 0.1) is 11.1 Å². The van der Waals surface area contributed by atoms with Crippen LogP contribution in [0.3, 0.4) is 0 Å². The van der Waals surface area contributed by atoms with Gasteiger partial charge >= 0.3 is 0 Å². The van der Waals surface area contributed by atoms with Crippen LogP contribution in [0.4, 0.5) is 0 Å². The molecule has 0 aromatic heterocycles. The second-order valence-corrected chi connectivity index (χ2v) is 4.77. The van der Waals surface area contributed by atoms with Gasteiger partial charge in [0.2, 0.25) is 0 Å². The molecule has 90 valence electrons. The molecule has 0 saturated heterocycles. The highest BCUT2D eigenvalue weighted by Crippen LogP contribution is 2.19. The van der Waals surface area contributed by atoms with Crippen molar-refractivity contribution in [1.82, 2.24) is 10.6 Å². The average Bonchev–Trinajstić information content (AvgIpc) is 2.35. The van der Waals surface area contributed by atoms with Crippen LogP contribution in [0.15, 0.2) is 30.3 Å². The molecule has 16 heavy (non-hydrogen) atoms. The molecule has 0 aliphatic carbocycles. The molecule has 0 aliphatic heterocycles. The molecular weight excluding hydrogens is 264 g/mol. The van der Waals surface area contributed by atoms with Crippen molar-refractivity contribution < 1.29 is 0 Å². The van der Waals surface area contributed by atoms with Crippen LogP contribution in [0.5, 0.6) is 0 Å². The van der Waals surface area contributed by atoms with Crippen LogP contribution in [0.1, 0.15) is 37.2 Å². The first-order valence-electron chi connectivity index (χ1n) is 5.96. The lowest BCUT2D eigenvalue weighted by Crippen LogP contribution is -2.42. The van der Waals surface area contributed by atoms with E-state index < -0.39 is 0 Å². The minimum absolute atomic E-state index is 0.211. The molecule has 0 heterocycles. The monoisotopic (exact) mass is 284 g/mol. The molecule has 2 nitrogen and oxygen atoms in total. The number of rotatable bonds is 7. The van der Waals surface area contributed by atoms with Crippen molar-refractivity contribution in [2.24, 2.45) is 0 Å². The topological polar surface area (TPSA) is 24.1 Å². The van der Waals surface area contributed by atoms with E-state index in [1.807, 2.05) is 6.07 Å². The van der Waals surface area contributed by atoms with E-state index in [9.17, 15) is 0 Å². The summed E-state index contributed by atoms with van der Waals surface area (Å²) in [5.74, 6) is 0. The third-order valence-electron chi connectivity index (χ3n) is 2.49. The lowest BCUT2D eigenvalue weighted by atomic mass is 10.2. The standard InChI is InChI=1S/C13H21BrN2/c1-3-10-15-12(4-2)16-13(14)11-8-6-5-7-9-11/h5-9,12-13,15-16H,3-4,10H2,1-2H3. The van der Waals surface area contributed by atoms with E-state index in [1.54, 1.807) is 0 Å². The van der Waals surface area contributed by atoms with Crippen LogP contribution >= 0.6 is 15.9 Å². The molecule has 0 aliphatic rings. The van der Waals surface area contributed by atoms with Crippen molar-refractivity contribution in [3.05, 3.63) is 35.9 Å². The third-order valence-corrected chi connectivity index (χ3v) is 3.28. The Balaban J connectivity index is 2.45. The Morgan fingerprint density at radius 3 is 2.44 bits per heavy atom. The first kappa shape index (κ1) is 13.7. The van der Waals surface area contributed by atoms with Gasteiger partial charge in [-0.1, -0.05) is 60.1 Å². The SMILES string of the molecule is CCCNC(CC)NC(Br)c1ccccc1. The Kier molecular flexibility index (Phi) is 6.69. The van der Waals surface area contributed by atoms with Crippen molar-refractivity contribution in [2.75, 3.05) is 6.54 Å². The minimum Gasteiger partial charge on any atom is -0.302 e. The Hall–Kier alpha value is -0.380.